The minimum absolute atomic E-state index is 0.0599. The van der Waals surface area contributed by atoms with E-state index in [-0.39, 0.29) is 12.1 Å². The minimum atomic E-state index is -3.43. The van der Waals surface area contributed by atoms with Crippen molar-refractivity contribution < 1.29 is 13.2 Å². The monoisotopic (exact) mass is 436 g/mol. The quantitative estimate of drug-likeness (QED) is 0.340. The molecule has 1 aliphatic carbocycles. The second-order valence-corrected chi connectivity index (χ2v) is 10.4. The standard InChI is InChI=1S/C24H40N2O3S/c1-4-5-18-25-19-8-6-7-9-20-29-23-14-12-22(13-15-23)26(3)30(27,28)24-16-10-21(2)11-17-24/h4,10-11,16-17,22-23,25H,1,5-9,12-15,18-20H2,2-3H3. The molecular formula is C24H40N2O3S. The number of aryl methyl sites for hydroxylation is 1. The molecule has 2 rings (SSSR count). The second kappa shape index (κ2) is 13.3. The molecule has 170 valence electrons. The fraction of sp³-hybridized carbons (Fsp3) is 0.667. The summed E-state index contributed by atoms with van der Waals surface area (Å²) < 4.78 is 33.4. The van der Waals surface area contributed by atoms with Gasteiger partial charge in [0.25, 0.3) is 0 Å². The van der Waals surface area contributed by atoms with Crippen LogP contribution >= 0.6 is 0 Å². The number of nitrogens with one attached hydrogen (secondary N) is 1. The van der Waals surface area contributed by atoms with Gasteiger partial charge in [-0.25, -0.2) is 8.42 Å². The Labute approximate surface area is 183 Å². The number of nitrogens with zero attached hydrogens (tertiary/aromatic N) is 1. The van der Waals surface area contributed by atoms with E-state index in [1.54, 1.807) is 23.5 Å². The Morgan fingerprint density at radius 2 is 1.73 bits per heavy atom. The number of ether oxygens (including phenoxy) is 1. The smallest absolute Gasteiger partial charge is 0.243 e. The zero-order valence-electron chi connectivity index (χ0n) is 18.8. The first-order valence-electron chi connectivity index (χ1n) is 11.4. The molecule has 0 spiro atoms. The molecule has 0 bridgehead atoms. The van der Waals surface area contributed by atoms with Crippen LogP contribution in [-0.2, 0) is 14.8 Å². The van der Waals surface area contributed by atoms with Crippen LogP contribution in [0.15, 0.2) is 41.8 Å². The molecule has 0 amide bonds. The van der Waals surface area contributed by atoms with Gasteiger partial charge in [-0.2, -0.15) is 4.31 Å². The van der Waals surface area contributed by atoms with Gasteiger partial charge in [0.05, 0.1) is 11.0 Å². The summed E-state index contributed by atoms with van der Waals surface area (Å²) in [5.41, 5.74) is 1.06. The van der Waals surface area contributed by atoms with Crippen molar-refractivity contribution in [2.75, 3.05) is 26.7 Å². The molecule has 0 atom stereocenters. The van der Waals surface area contributed by atoms with Crippen molar-refractivity contribution in [2.45, 2.75) is 81.8 Å². The van der Waals surface area contributed by atoms with Gasteiger partial charge in [-0.15, -0.1) is 6.58 Å². The van der Waals surface area contributed by atoms with Gasteiger partial charge >= 0.3 is 0 Å². The molecule has 0 aromatic heterocycles. The normalized spacial score (nSPS) is 19.8. The van der Waals surface area contributed by atoms with E-state index >= 15 is 0 Å². The highest BCUT2D eigenvalue weighted by Gasteiger charge is 2.31. The largest absolute Gasteiger partial charge is 0.378 e. The Morgan fingerprint density at radius 3 is 2.40 bits per heavy atom. The van der Waals surface area contributed by atoms with Crippen molar-refractivity contribution in [1.29, 1.82) is 0 Å². The van der Waals surface area contributed by atoms with Gasteiger partial charge in [0.2, 0.25) is 10.0 Å². The lowest BCUT2D eigenvalue weighted by Crippen LogP contribution is -2.40. The molecule has 1 fully saturated rings. The maximum atomic E-state index is 12.9. The van der Waals surface area contributed by atoms with Gasteiger partial charge in [0, 0.05) is 19.7 Å². The maximum Gasteiger partial charge on any atom is 0.243 e. The van der Waals surface area contributed by atoms with E-state index in [4.69, 9.17) is 4.74 Å². The predicted molar refractivity (Wildman–Crippen MR) is 124 cm³/mol. The van der Waals surface area contributed by atoms with Crippen molar-refractivity contribution in [2.24, 2.45) is 0 Å². The third-order valence-corrected chi connectivity index (χ3v) is 7.91. The van der Waals surface area contributed by atoms with Crippen molar-refractivity contribution in [3.8, 4) is 0 Å². The van der Waals surface area contributed by atoms with Crippen molar-refractivity contribution in [3.63, 3.8) is 0 Å². The molecule has 0 heterocycles. The van der Waals surface area contributed by atoms with E-state index in [0.717, 1.165) is 63.8 Å². The second-order valence-electron chi connectivity index (χ2n) is 8.38. The molecular weight excluding hydrogens is 396 g/mol. The van der Waals surface area contributed by atoms with E-state index < -0.39 is 10.0 Å². The average molecular weight is 437 g/mol. The van der Waals surface area contributed by atoms with Gasteiger partial charge in [-0.05, 0) is 77.1 Å². The fourth-order valence-corrected chi connectivity index (χ4v) is 5.35. The molecule has 0 radical (unpaired) electrons. The Morgan fingerprint density at radius 1 is 1.07 bits per heavy atom. The van der Waals surface area contributed by atoms with E-state index in [9.17, 15) is 8.42 Å². The van der Waals surface area contributed by atoms with Crippen LogP contribution in [0.3, 0.4) is 0 Å². The zero-order valence-corrected chi connectivity index (χ0v) is 19.6. The predicted octanol–water partition coefficient (Wildman–Crippen LogP) is 4.67. The van der Waals surface area contributed by atoms with Crippen LogP contribution in [0.5, 0.6) is 0 Å². The van der Waals surface area contributed by atoms with Crippen molar-refractivity contribution >= 4 is 10.0 Å². The Bertz CT molecular complexity index is 710. The molecule has 1 aliphatic rings. The summed E-state index contributed by atoms with van der Waals surface area (Å²) in [4.78, 5) is 0.380. The van der Waals surface area contributed by atoms with Gasteiger partial charge in [0.15, 0.2) is 0 Å². The molecule has 30 heavy (non-hydrogen) atoms. The first-order chi connectivity index (χ1) is 14.4. The number of rotatable bonds is 14. The Kier molecular flexibility index (Phi) is 11.1. The molecule has 1 N–H and O–H groups in total. The third-order valence-electron chi connectivity index (χ3n) is 5.98. The van der Waals surface area contributed by atoms with E-state index in [1.807, 2.05) is 25.1 Å². The SMILES string of the molecule is C=CCCNCCCCCCOC1CCC(N(C)S(=O)(=O)c2ccc(C)cc2)CC1. The molecule has 5 nitrogen and oxygen atoms in total. The molecule has 0 unspecified atom stereocenters. The molecule has 1 aromatic rings. The summed E-state index contributed by atoms with van der Waals surface area (Å²) in [5, 5.41) is 3.42. The highest BCUT2D eigenvalue weighted by Crippen LogP contribution is 2.28. The van der Waals surface area contributed by atoms with Crippen LogP contribution in [0, 0.1) is 6.92 Å². The molecule has 0 saturated heterocycles. The summed E-state index contributed by atoms with van der Waals surface area (Å²) in [6.07, 6.45) is 11.6. The van der Waals surface area contributed by atoms with Crippen LogP contribution in [0.25, 0.3) is 0 Å². The Balaban J connectivity index is 1.60. The molecule has 1 saturated carbocycles. The van der Waals surface area contributed by atoms with Gasteiger partial charge in [-0.3, -0.25) is 0 Å². The number of hydrogen-bond donors (Lipinski definition) is 1. The lowest BCUT2D eigenvalue weighted by atomic mass is 9.93. The number of hydrogen-bond acceptors (Lipinski definition) is 4. The van der Waals surface area contributed by atoms with Crippen LogP contribution in [0.4, 0.5) is 0 Å². The highest BCUT2D eigenvalue weighted by molar-refractivity contribution is 7.89. The van der Waals surface area contributed by atoms with Gasteiger partial charge < -0.3 is 10.1 Å². The van der Waals surface area contributed by atoms with Crippen LogP contribution in [0.2, 0.25) is 0 Å². The zero-order chi connectivity index (χ0) is 21.8. The average Bonchev–Trinajstić information content (AvgIpc) is 2.75. The first-order valence-corrected chi connectivity index (χ1v) is 12.9. The highest BCUT2D eigenvalue weighted by atomic mass is 32.2. The van der Waals surface area contributed by atoms with Crippen LogP contribution in [-0.4, -0.2) is 51.6 Å². The minimum Gasteiger partial charge on any atom is -0.378 e. The lowest BCUT2D eigenvalue weighted by Gasteiger charge is -2.34. The fourth-order valence-electron chi connectivity index (χ4n) is 3.93. The maximum absolute atomic E-state index is 12.9. The summed E-state index contributed by atoms with van der Waals surface area (Å²) in [6.45, 7) is 8.61. The topological polar surface area (TPSA) is 58.6 Å². The number of unbranched alkanes of at least 4 members (excludes halogenated alkanes) is 3. The number of benzene rings is 1. The van der Waals surface area contributed by atoms with Gasteiger partial charge in [0.1, 0.15) is 0 Å². The van der Waals surface area contributed by atoms with Crippen molar-refractivity contribution in [1.82, 2.24) is 9.62 Å². The Hall–Kier alpha value is -1.21. The molecule has 0 aliphatic heterocycles. The number of sulfonamides is 1. The third kappa shape index (κ3) is 8.14. The van der Waals surface area contributed by atoms with E-state index in [2.05, 4.69) is 11.9 Å². The van der Waals surface area contributed by atoms with Crippen LogP contribution in [0.1, 0.15) is 63.4 Å². The summed E-state index contributed by atoms with van der Waals surface area (Å²) in [7, 11) is -1.71. The molecule has 6 heteroatoms. The van der Waals surface area contributed by atoms with E-state index in [1.165, 1.54) is 19.3 Å². The summed E-state index contributed by atoms with van der Waals surface area (Å²) in [6, 6.07) is 7.17. The van der Waals surface area contributed by atoms with Crippen LogP contribution < -0.4 is 5.32 Å². The lowest BCUT2D eigenvalue weighted by molar-refractivity contribution is 0.0157. The van der Waals surface area contributed by atoms with Crippen molar-refractivity contribution in [3.05, 3.63) is 42.5 Å². The van der Waals surface area contributed by atoms with Gasteiger partial charge in [-0.1, -0.05) is 36.6 Å². The van der Waals surface area contributed by atoms with E-state index in [0.29, 0.717) is 4.90 Å². The first kappa shape index (κ1) is 25.1. The summed E-state index contributed by atoms with van der Waals surface area (Å²) >= 11 is 0. The summed E-state index contributed by atoms with van der Waals surface area (Å²) in [5.74, 6) is 0. The molecule has 1 aromatic carbocycles.